The first kappa shape index (κ1) is 14.1. The number of hydrogen-bond donors (Lipinski definition) is 1. The molecule has 0 spiro atoms. The summed E-state index contributed by atoms with van der Waals surface area (Å²) >= 11 is 0. The van der Waals surface area contributed by atoms with Crippen molar-refractivity contribution in [2.75, 3.05) is 0 Å². The number of halogens is 3. The summed E-state index contributed by atoms with van der Waals surface area (Å²) in [4.78, 5) is 0. The zero-order valence-electron chi connectivity index (χ0n) is 11.3. The number of benzene rings is 2. The molecule has 0 bridgehead atoms. The third-order valence-corrected chi connectivity index (χ3v) is 3.97. The van der Waals surface area contributed by atoms with Gasteiger partial charge in [-0.2, -0.15) is 13.2 Å². The van der Waals surface area contributed by atoms with Gasteiger partial charge in [0.25, 0.3) is 0 Å². The molecule has 0 heterocycles. The Morgan fingerprint density at radius 3 is 2.38 bits per heavy atom. The maximum atomic E-state index is 12.7. The van der Waals surface area contributed by atoms with Crippen molar-refractivity contribution in [3.8, 4) is 0 Å². The van der Waals surface area contributed by atoms with E-state index < -0.39 is 17.8 Å². The molecule has 0 amide bonds. The van der Waals surface area contributed by atoms with Crippen LogP contribution in [0.3, 0.4) is 0 Å². The van der Waals surface area contributed by atoms with Crippen LogP contribution in [-0.4, -0.2) is 5.11 Å². The van der Waals surface area contributed by atoms with Gasteiger partial charge in [-0.05, 0) is 53.6 Å². The smallest absolute Gasteiger partial charge is 0.384 e. The molecule has 3 rings (SSSR count). The van der Waals surface area contributed by atoms with Crippen LogP contribution < -0.4 is 0 Å². The molecule has 1 atom stereocenters. The molecule has 2 aromatic rings. The second kappa shape index (κ2) is 5.19. The van der Waals surface area contributed by atoms with Crippen LogP contribution >= 0.6 is 0 Å². The average Bonchev–Trinajstić information content (AvgIpc) is 2.93. The summed E-state index contributed by atoms with van der Waals surface area (Å²) in [5.74, 6) is 0. The number of alkyl halides is 3. The molecular formula is C17H15F3O. The highest BCUT2D eigenvalue weighted by atomic mass is 19.4. The van der Waals surface area contributed by atoms with Gasteiger partial charge in [0.1, 0.15) is 6.10 Å². The number of aliphatic hydroxyl groups is 1. The van der Waals surface area contributed by atoms with Crippen molar-refractivity contribution >= 4 is 0 Å². The Morgan fingerprint density at radius 1 is 0.905 bits per heavy atom. The Kier molecular flexibility index (Phi) is 3.49. The van der Waals surface area contributed by atoms with Crippen molar-refractivity contribution in [1.29, 1.82) is 0 Å². The summed E-state index contributed by atoms with van der Waals surface area (Å²) < 4.78 is 38.2. The van der Waals surface area contributed by atoms with E-state index in [0.717, 1.165) is 31.4 Å². The maximum absolute atomic E-state index is 12.7. The van der Waals surface area contributed by atoms with E-state index in [-0.39, 0.29) is 5.56 Å². The number of aliphatic hydroxyl groups excluding tert-OH is 1. The quantitative estimate of drug-likeness (QED) is 0.876. The lowest BCUT2D eigenvalue weighted by atomic mass is 9.97. The van der Waals surface area contributed by atoms with E-state index in [9.17, 15) is 18.3 Å². The second-order valence-corrected chi connectivity index (χ2v) is 5.41. The molecule has 0 saturated carbocycles. The third kappa shape index (κ3) is 2.81. The minimum Gasteiger partial charge on any atom is -0.384 e. The van der Waals surface area contributed by atoms with Gasteiger partial charge in [-0.15, -0.1) is 0 Å². The Bertz CT molecular complexity index is 661. The van der Waals surface area contributed by atoms with Gasteiger partial charge in [-0.3, -0.25) is 0 Å². The molecule has 1 nitrogen and oxygen atoms in total. The van der Waals surface area contributed by atoms with Gasteiger partial charge in [-0.25, -0.2) is 0 Å². The predicted octanol–water partition coefficient (Wildman–Crippen LogP) is 4.28. The van der Waals surface area contributed by atoms with Gasteiger partial charge >= 0.3 is 6.18 Å². The lowest BCUT2D eigenvalue weighted by Gasteiger charge is -2.15. The lowest BCUT2D eigenvalue weighted by Crippen LogP contribution is -2.07. The first-order valence-corrected chi connectivity index (χ1v) is 6.92. The monoisotopic (exact) mass is 292 g/mol. The van der Waals surface area contributed by atoms with E-state index >= 15 is 0 Å². The minimum atomic E-state index is -4.40. The van der Waals surface area contributed by atoms with Crippen LogP contribution in [0.4, 0.5) is 13.2 Å². The second-order valence-electron chi connectivity index (χ2n) is 5.41. The summed E-state index contributed by atoms with van der Waals surface area (Å²) in [5, 5.41) is 10.3. The molecular weight excluding hydrogens is 277 g/mol. The molecule has 0 fully saturated rings. The Hall–Kier alpha value is -1.81. The molecule has 0 aliphatic heterocycles. The minimum absolute atomic E-state index is 0.266. The zero-order chi connectivity index (χ0) is 15.0. The van der Waals surface area contributed by atoms with E-state index in [0.29, 0.717) is 5.56 Å². The average molecular weight is 292 g/mol. The van der Waals surface area contributed by atoms with E-state index in [4.69, 9.17) is 0 Å². The van der Waals surface area contributed by atoms with Crippen LogP contribution in [0.15, 0.2) is 42.5 Å². The Balaban J connectivity index is 1.93. The molecule has 21 heavy (non-hydrogen) atoms. The first-order chi connectivity index (χ1) is 9.95. The Morgan fingerprint density at radius 2 is 1.62 bits per heavy atom. The molecule has 1 unspecified atom stereocenters. The number of fused-ring (bicyclic) bond motifs is 1. The molecule has 0 saturated heterocycles. The van der Waals surface area contributed by atoms with Crippen LogP contribution in [0.1, 0.15) is 40.3 Å². The summed E-state index contributed by atoms with van der Waals surface area (Å²) in [6.45, 7) is 0. The van der Waals surface area contributed by atoms with Crippen LogP contribution in [0.5, 0.6) is 0 Å². The van der Waals surface area contributed by atoms with Gasteiger partial charge in [0.15, 0.2) is 0 Å². The van der Waals surface area contributed by atoms with Crippen molar-refractivity contribution in [2.24, 2.45) is 0 Å². The molecule has 4 heteroatoms. The van der Waals surface area contributed by atoms with Gasteiger partial charge in [0.05, 0.1) is 5.56 Å². The maximum Gasteiger partial charge on any atom is 0.416 e. The summed E-state index contributed by atoms with van der Waals surface area (Å²) in [6, 6.07) is 10.6. The van der Waals surface area contributed by atoms with E-state index in [2.05, 4.69) is 0 Å². The summed E-state index contributed by atoms with van der Waals surface area (Å²) in [7, 11) is 0. The SMILES string of the molecule is OC(c1cccc(C(F)(F)F)c1)c1ccc2c(c1)CCC2. The standard InChI is InChI=1S/C17H15F3O/c18-17(19,20)15-6-2-5-13(10-15)16(21)14-8-7-11-3-1-4-12(11)9-14/h2,5-10,16,21H,1,3-4H2. The summed E-state index contributed by atoms with van der Waals surface area (Å²) in [5.41, 5.74) is 2.64. The molecule has 1 N–H and O–H groups in total. The number of aryl methyl sites for hydroxylation is 2. The molecule has 1 aliphatic carbocycles. The number of hydrogen-bond acceptors (Lipinski definition) is 1. The highest BCUT2D eigenvalue weighted by Gasteiger charge is 2.31. The highest BCUT2D eigenvalue weighted by Crippen LogP contribution is 2.33. The van der Waals surface area contributed by atoms with Crippen molar-refractivity contribution in [3.05, 3.63) is 70.3 Å². The molecule has 110 valence electrons. The topological polar surface area (TPSA) is 20.2 Å². The van der Waals surface area contributed by atoms with Crippen LogP contribution in [-0.2, 0) is 19.0 Å². The highest BCUT2D eigenvalue weighted by molar-refractivity contribution is 5.40. The fourth-order valence-corrected chi connectivity index (χ4v) is 2.84. The molecule has 0 aromatic heterocycles. The fraction of sp³-hybridized carbons (Fsp3) is 0.294. The first-order valence-electron chi connectivity index (χ1n) is 6.92. The predicted molar refractivity (Wildman–Crippen MR) is 74.0 cm³/mol. The van der Waals surface area contributed by atoms with Gasteiger partial charge < -0.3 is 5.11 Å². The van der Waals surface area contributed by atoms with Crippen molar-refractivity contribution in [2.45, 2.75) is 31.5 Å². The van der Waals surface area contributed by atoms with Crippen LogP contribution in [0.25, 0.3) is 0 Å². The van der Waals surface area contributed by atoms with Crippen molar-refractivity contribution < 1.29 is 18.3 Å². The van der Waals surface area contributed by atoms with E-state index in [1.54, 1.807) is 6.07 Å². The summed E-state index contributed by atoms with van der Waals surface area (Å²) in [6.07, 6.45) is -2.32. The molecule has 1 aliphatic rings. The van der Waals surface area contributed by atoms with Gasteiger partial charge in [0, 0.05) is 0 Å². The third-order valence-electron chi connectivity index (χ3n) is 3.97. The van der Waals surface area contributed by atoms with Crippen LogP contribution in [0, 0.1) is 0 Å². The molecule has 2 aromatic carbocycles. The lowest BCUT2D eigenvalue weighted by molar-refractivity contribution is -0.137. The Labute approximate surface area is 121 Å². The van der Waals surface area contributed by atoms with E-state index in [1.807, 2.05) is 12.1 Å². The number of rotatable bonds is 2. The normalized spacial score (nSPS) is 15.8. The van der Waals surface area contributed by atoms with Gasteiger partial charge in [0.2, 0.25) is 0 Å². The van der Waals surface area contributed by atoms with Crippen LogP contribution in [0.2, 0.25) is 0 Å². The molecule has 0 radical (unpaired) electrons. The zero-order valence-corrected chi connectivity index (χ0v) is 11.3. The van der Waals surface area contributed by atoms with Crippen molar-refractivity contribution in [3.63, 3.8) is 0 Å². The van der Waals surface area contributed by atoms with Crippen molar-refractivity contribution in [1.82, 2.24) is 0 Å². The fourth-order valence-electron chi connectivity index (χ4n) is 2.84. The van der Waals surface area contributed by atoms with Gasteiger partial charge in [-0.1, -0.05) is 30.3 Å². The largest absolute Gasteiger partial charge is 0.416 e. The van der Waals surface area contributed by atoms with E-state index in [1.165, 1.54) is 23.3 Å².